The maximum Gasteiger partial charge on any atom is 0.248 e. The third kappa shape index (κ3) is 6.42. The molecule has 1 aliphatic rings. The third-order valence-electron chi connectivity index (χ3n) is 7.36. The van der Waals surface area contributed by atoms with Crippen LogP contribution in [0.3, 0.4) is 0 Å². The molecule has 5 heterocycles. The number of nitrogens with one attached hydrogen (secondary N) is 2. The number of likely N-dealkylation sites (N-methyl/N-ethyl adjacent to an activating group) is 1. The Morgan fingerprint density at radius 1 is 1.16 bits per heavy atom. The van der Waals surface area contributed by atoms with Gasteiger partial charge in [-0.25, -0.2) is 24.5 Å². The number of carbonyl (C=O) groups excluding carboxylic acids is 1. The van der Waals surface area contributed by atoms with Gasteiger partial charge in [0.25, 0.3) is 0 Å². The molecule has 6 rings (SSSR count). The monoisotopic (exact) mass is 596 g/mol. The predicted molar refractivity (Wildman–Crippen MR) is 171 cm³/mol. The molecule has 1 saturated heterocycles. The summed E-state index contributed by atoms with van der Waals surface area (Å²) in [7, 11) is 3.91. The van der Waals surface area contributed by atoms with Crippen molar-refractivity contribution in [3.63, 3.8) is 0 Å². The topological polar surface area (TPSA) is 116 Å². The van der Waals surface area contributed by atoms with Gasteiger partial charge in [0.05, 0.1) is 34.1 Å². The smallest absolute Gasteiger partial charge is 0.248 e. The predicted octanol–water partition coefficient (Wildman–Crippen LogP) is 4.69. The molecule has 0 saturated carbocycles. The molecule has 5 aromatic rings. The summed E-state index contributed by atoms with van der Waals surface area (Å²) >= 11 is 6.49. The van der Waals surface area contributed by atoms with Crippen molar-refractivity contribution in [3.8, 4) is 11.3 Å². The highest BCUT2D eigenvalue weighted by atomic mass is 35.5. The van der Waals surface area contributed by atoms with Gasteiger partial charge >= 0.3 is 0 Å². The van der Waals surface area contributed by atoms with Crippen LogP contribution in [0.4, 0.5) is 17.5 Å². The van der Waals surface area contributed by atoms with Crippen molar-refractivity contribution in [3.05, 3.63) is 78.0 Å². The molecule has 43 heavy (non-hydrogen) atoms. The number of aryl methyl sites for hydroxylation is 1. The van der Waals surface area contributed by atoms with Gasteiger partial charge in [-0.15, -0.1) is 0 Å². The largest absolute Gasteiger partial charge is 0.356 e. The van der Waals surface area contributed by atoms with Gasteiger partial charge in [-0.1, -0.05) is 23.7 Å². The van der Waals surface area contributed by atoms with Crippen molar-refractivity contribution in [1.29, 1.82) is 0 Å². The van der Waals surface area contributed by atoms with Gasteiger partial charge in [0.15, 0.2) is 0 Å². The fraction of sp³-hybridized carbons (Fsp3) is 0.290. The number of aromatic nitrogens is 6. The van der Waals surface area contributed by atoms with E-state index in [-0.39, 0.29) is 5.91 Å². The van der Waals surface area contributed by atoms with Gasteiger partial charge in [0.1, 0.15) is 11.6 Å². The minimum absolute atomic E-state index is 0.169. The number of fused-ring (bicyclic) bond motifs is 2. The summed E-state index contributed by atoms with van der Waals surface area (Å²) in [6, 6.07) is 11.7. The zero-order valence-electron chi connectivity index (χ0n) is 24.3. The lowest BCUT2D eigenvalue weighted by Gasteiger charge is -2.20. The number of amides is 1. The first-order chi connectivity index (χ1) is 20.8. The highest BCUT2D eigenvalue weighted by Crippen LogP contribution is 2.32. The van der Waals surface area contributed by atoms with Crippen LogP contribution in [0.15, 0.2) is 67.1 Å². The normalized spacial score (nSPS) is 15.3. The Balaban J connectivity index is 1.13. The van der Waals surface area contributed by atoms with Crippen molar-refractivity contribution in [2.75, 3.05) is 55.8 Å². The molecule has 1 aliphatic heterocycles. The van der Waals surface area contributed by atoms with Crippen LogP contribution in [0, 0.1) is 12.8 Å². The Kier molecular flexibility index (Phi) is 8.17. The number of halogens is 1. The number of benzene rings is 1. The van der Waals surface area contributed by atoms with Crippen LogP contribution in [0.5, 0.6) is 0 Å². The van der Waals surface area contributed by atoms with Crippen LogP contribution >= 0.6 is 11.6 Å². The fourth-order valence-corrected chi connectivity index (χ4v) is 5.48. The van der Waals surface area contributed by atoms with Crippen LogP contribution in [-0.4, -0.2) is 80.6 Å². The standard InChI is InChI=1S/C31H33ClN10O/c1-20-36-26-15-22(38-28(43)8-6-12-40(2)3)9-10-23(26)30(37-20)41-14-11-21(19-41)16-33-31-34-18-25(32)29(39-31)24-17-35-42-13-5-4-7-27(24)42/h4-10,13,15,17-18,21H,11-12,14,16,19H2,1-3H3,(H,38,43)(H,33,34,39)/b8-6+/t21-/m0/s1. The van der Waals surface area contributed by atoms with E-state index in [1.807, 2.05) is 74.6 Å². The quantitative estimate of drug-likeness (QED) is 0.234. The Morgan fingerprint density at radius 3 is 2.91 bits per heavy atom. The number of anilines is 3. The summed E-state index contributed by atoms with van der Waals surface area (Å²) in [4.78, 5) is 35.2. The lowest BCUT2D eigenvalue weighted by molar-refractivity contribution is -0.111. The molecule has 1 fully saturated rings. The fourth-order valence-electron chi connectivity index (χ4n) is 5.28. The first-order valence-corrected chi connectivity index (χ1v) is 14.6. The molecule has 2 N–H and O–H groups in total. The average molecular weight is 597 g/mol. The average Bonchev–Trinajstić information content (AvgIpc) is 3.63. The van der Waals surface area contributed by atoms with Crippen molar-refractivity contribution in [2.45, 2.75) is 13.3 Å². The van der Waals surface area contributed by atoms with Crippen LogP contribution in [-0.2, 0) is 4.79 Å². The molecule has 1 amide bonds. The second kappa shape index (κ2) is 12.3. The molecular weight excluding hydrogens is 564 g/mol. The highest BCUT2D eigenvalue weighted by Gasteiger charge is 2.26. The lowest BCUT2D eigenvalue weighted by Crippen LogP contribution is -2.24. The lowest BCUT2D eigenvalue weighted by atomic mass is 10.1. The Morgan fingerprint density at radius 2 is 2.05 bits per heavy atom. The molecule has 11 nitrogen and oxygen atoms in total. The first kappa shape index (κ1) is 28.5. The van der Waals surface area contributed by atoms with Crippen LogP contribution in [0.25, 0.3) is 27.7 Å². The number of hydrogen-bond acceptors (Lipinski definition) is 9. The van der Waals surface area contributed by atoms with Crippen LogP contribution < -0.4 is 15.5 Å². The van der Waals surface area contributed by atoms with Crippen LogP contribution in [0.1, 0.15) is 12.2 Å². The summed E-state index contributed by atoms with van der Waals surface area (Å²) in [6.07, 6.45) is 9.68. The van der Waals surface area contributed by atoms with E-state index < -0.39 is 0 Å². The van der Waals surface area contributed by atoms with E-state index in [9.17, 15) is 4.79 Å². The Bertz CT molecular complexity index is 1820. The highest BCUT2D eigenvalue weighted by molar-refractivity contribution is 6.33. The van der Waals surface area contributed by atoms with Gasteiger partial charge in [-0.05, 0) is 63.7 Å². The molecule has 4 aromatic heterocycles. The van der Waals surface area contributed by atoms with E-state index in [0.29, 0.717) is 47.2 Å². The third-order valence-corrected chi connectivity index (χ3v) is 7.63. The van der Waals surface area contributed by atoms with Crippen molar-refractivity contribution < 1.29 is 4.79 Å². The number of nitrogens with zero attached hydrogens (tertiary/aromatic N) is 8. The number of rotatable bonds is 9. The Labute approximate surface area is 254 Å². The first-order valence-electron chi connectivity index (χ1n) is 14.2. The minimum atomic E-state index is -0.169. The molecular formula is C31H33ClN10O. The molecule has 220 valence electrons. The zero-order valence-corrected chi connectivity index (χ0v) is 25.1. The van der Waals surface area contributed by atoms with E-state index in [1.165, 1.54) is 0 Å². The zero-order chi connectivity index (χ0) is 29.9. The van der Waals surface area contributed by atoms with E-state index in [4.69, 9.17) is 21.6 Å². The molecule has 1 aromatic carbocycles. The molecule has 0 aliphatic carbocycles. The second-order valence-electron chi connectivity index (χ2n) is 10.9. The van der Waals surface area contributed by atoms with Crippen molar-refractivity contribution in [2.24, 2.45) is 5.92 Å². The van der Waals surface area contributed by atoms with Gasteiger partial charge in [0.2, 0.25) is 11.9 Å². The molecule has 0 radical (unpaired) electrons. The summed E-state index contributed by atoms with van der Waals surface area (Å²) in [5.74, 6) is 2.33. The van der Waals surface area contributed by atoms with Gasteiger partial charge in [-0.3, -0.25) is 4.79 Å². The van der Waals surface area contributed by atoms with Crippen molar-refractivity contribution in [1.82, 2.24) is 34.4 Å². The summed E-state index contributed by atoms with van der Waals surface area (Å²) in [6.45, 7) is 5.02. The molecule has 12 heteroatoms. The molecule has 1 atom stereocenters. The maximum atomic E-state index is 12.3. The Hall–Kier alpha value is -4.61. The minimum Gasteiger partial charge on any atom is -0.356 e. The number of hydrogen-bond donors (Lipinski definition) is 2. The molecule has 0 unspecified atom stereocenters. The van der Waals surface area contributed by atoms with E-state index in [0.717, 1.165) is 47.3 Å². The summed E-state index contributed by atoms with van der Waals surface area (Å²) in [5, 5.41) is 12.2. The summed E-state index contributed by atoms with van der Waals surface area (Å²) < 4.78 is 1.80. The van der Waals surface area contributed by atoms with Gasteiger partial charge < -0.3 is 20.4 Å². The number of carbonyl (C=O) groups is 1. The van der Waals surface area contributed by atoms with Gasteiger partial charge in [0, 0.05) is 55.1 Å². The second-order valence-corrected chi connectivity index (χ2v) is 11.3. The molecule has 0 bridgehead atoms. The van der Waals surface area contributed by atoms with Gasteiger partial charge in [-0.2, -0.15) is 5.10 Å². The SMILES string of the molecule is Cc1nc(N2CC[C@@H](CNc3ncc(Cl)c(-c4cnn5ccccc45)n3)C2)c2ccc(NC(=O)/C=C/CN(C)C)cc2n1. The van der Waals surface area contributed by atoms with E-state index in [1.54, 1.807) is 23.0 Å². The van der Waals surface area contributed by atoms with E-state index >= 15 is 0 Å². The molecule has 0 spiro atoms. The van der Waals surface area contributed by atoms with E-state index in [2.05, 4.69) is 30.6 Å². The van der Waals surface area contributed by atoms with Crippen LogP contribution in [0.2, 0.25) is 5.02 Å². The maximum absolute atomic E-state index is 12.3. The number of pyridine rings is 1. The van der Waals surface area contributed by atoms with Crippen molar-refractivity contribution >= 4 is 51.4 Å². The summed E-state index contributed by atoms with van der Waals surface area (Å²) in [5.41, 5.74) is 3.94.